The van der Waals surface area contributed by atoms with E-state index in [0.29, 0.717) is 6.04 Å². The van der Waals surface area contributed by atoms with Gasteiger partial charge in [-0.25, -0.2) is 0 Å². The Balaban J connectivity index is 2.80. The van der Waals surface area contributed by atoms with Gasteiger partial charge in [0.15, 0.2) is 0 Å². The molecule has 0 heterocycles. The Morgan fingerprint density at radius 1 is 1.20 bits per heavy atom. The molecule has 110 valence electrons. The molecule has 20 heavy (non-hydrogen) atoms. The van der Waals surface area contributed by atoms with Crippen molar-refractivity contribution < 1.29 is 0 Å². The van der Waals surface area contributed by atoms with Gasteiger partial charge in [0.1, 0.15) is 0 Å². The molecule has 1 N–H and O–H groups in total. The van der Waals surface area contributed by atoms with Crippen LogP contribution in [0, 0.1) is 17.2 Å². The molecule has 0 spiro atoms. The van der Waals surface area contributed by atoms with Crippen LogP contribution in [-0.4, -0.2) is 19.6 Å². The van der Waals surface area contributed by atoms with Crippen molar-refractivity contribution in [3.63, 3.8) is 0 Å². The van der Waals surface area contributed by atoms with Crippen molar-refractivity contribution in [2.45, 2.75) is 40.2 Å². The van der Waals surface area contributed by atoms with E-state index in [2.05, 4.69) is 61.3 Å². The molecule has 2 unspecified atom stereocenters. The van der Waals surface area contributed by atoms with E-state index in [1.807, 2.05) is 6.92 Å². The average Bonchev–Trinajstić information content (AvgIpc) is 2.50. The lowest BCUT2D eigenvalue weighted by Gasteiger charge is -2.25. The van der Waals surface area contributed by atoms with Gasteiger partial charge >= 0.3 is 0 Å². The van der Waals surface area contributed by atoms with Gasteiger partial charge in [-0.15, -0.1) is 0 Å². The van der Waals surface area contributed by atoms with Gasteiger partial charge in [-0.1, -0.05) is 26.0 Å². The molecule has 0 radical (unpaired) electrons. The van der Waals surface area contributed by atoms with E-state index in [4.69, 9.17) is 5.26 Å². The van der Waals surface area contributed by atoms with Crippen LogP contribution in [0.5, 0.6) is 0 Å². The van der Waals surface area contributed by atoms with Crippen molar-refractivity contribution >= 4 is 5.69 Å². The number of rotatable bonds is 8. The molecule has 1 aromatic rings. The zero-order valence-corrected chi connectivity index (χ0v) is 13.2. The maximum Gasteiger partial charge on any atom is 0.0671 e. The normalized spacial score (nSPS) is 13.6. The lowest BCUT2D eigenvalue weighted by Crippen LogP contribution is -2.27. The van der Waals surface area contributed by atoms with Crippen molar-refractivity contribution in [3.8, 4) is 6.07 Å². The molecule has 0 saturated carbocycles. The van der Waals surface area contributed by atoms with Crippen molar-refractivity contribution in [2.24, 2.45) is 5.92 Å². The zero-order chi connectivity index (χ0) is 15.0. The van der Waals surface area contributed by atoms with Crippen LogP contribution in [0.15, 0.2) is 24.3 Å². The molecule has 0 amide bonds. The number of anilines is 1. The first kappa shape index (κ1) is 16.5. The molecule has 0 fully saturated rings. The summed E-state index contributed by atoms with van der Waals surface area (Å²) in [6.07, 6.45) is 1.09. The molecule has 0 bridgehead atoms. The number of nitriles is 1. The molecule has 1 rings (SSSR count). The largest absolute Gasteiger partial charge is 0.371 e. The second kappa shape index (κ2) is 8.60. The number of nitrogens with one attached hydrogen (secondary N) is 1. The minimum atomic E-state index is 0.0553. The summed E-state index contributed by atoms with van der Waals surface area (Å²) in [6, 6.07) is 11.5. The Morgan fingerprint density at radius 2 is 1.85 bits per heavy atom. The second-order valence-corrected chi connectivity index (χ2v) is 5.18. The molecule has 0 aliphatic carbocycles. The zero-order valence-electron chi connectivity index (χ0n) is 13.2. The summed E-state index contributed by atoms with van der Waals surface area (Å²) >= 11 is 0. The minimum absolute atomic E-state index is 0.0553. The number of hydrogen-bond acceptors (Lipinski definition) is 3. The highest BCUT2D eigenvalue weighted by Crippen LogP contribution is 2.21. The summed E-state index contributed by atoms with van der Waals surface area (Å²) in [5, 5.41) is 12.4. The van der Waals surface area contributed by atoms with Gasteiger partial charge in [0.25, 0.3) is 0 Å². The van der Waals surface area contributed by atoms with Gasteiger partial charge in [0.05, 0.1) is 12.0 Å². The fourth-order valence-corrected chi connectivity index (χ4v) is 2.45. The van der Waals surface area contributed by atoms with Crippen molar-refractivity contribution in [1.82, 2.24) is 5.32 Å². The third-order valence-corrected chi connectivity index (χ3v) is 3.62. The Labute approximate surface area is 123 Å². The maximum absolute atomic E-state index is 8.95. The summed E-state index contributed by atoms with van der Waals surface area (Å²) in [4.78, 5) is 2.26. The lowest BCUT2D eigenvalue weighted by atomic mass is 10.0. The van der Waals surface area contributed by atoms with Crippen molar-refractivity contribution in [3.05, 3.63) is 29.8 Å². The summed E-state index contributed by atoms with van der Waals surface area (Å²) in [6.45, 7) is 11.1. The molecule has 2 atom stereocenters. The van der Waals surface area contributed by atoms with E-state index >= 15 is 0 Å². The van der Waals surface area contributed by atoms with Gasteiger partial charge in [-0.3, -0.25) is 0 Å². The topological polar surface area (TPSA) is 39.1 Å². The summed E-state index contributed by atoms with van der Waals surface area (Å²) in [5.41, 5.74) is 2.53. The van der Waals surface area contributed by atoms with Gasteiger partial charge in [-0.05, 0) is 44.5 Å². The van der Waals surface area contributed by atoms with E-state index in [0.717, 1.165) is 26.1 Å². The van der Waals surface area contributed by atoms with Crippen LogP contribution >= 0.6 is 0 Å². The summed E-state index contributed by atoms with van der Waals surface area (Å²) in [5.74, 6) is 0.0553. The van der Waals surface area contributed by atoms with Crippen LogP contribution in [0.4, 0.5) is 5.69 Å². The molecular formula is C17H27N3. The summed E-state index contributed by atoms with van der Waals surface area (Å²) in [7, 11) is 0. The fraction of sp³-hybridized carbons (Fsp3) is 0.588. The molecule has 1 aromatic carbocycles. The number of benzene rings is 1. The van der Waals surface area contributed by atoms with E-state index in [9.17, 15) is 0 Å². The number of hydrogen-bond donors (Lipinski definition) is 1. The predicted octanol–water partition coefficient (Wildman–Crippen LogP) is 3.73. The highest BCUT2D eigenvalue weighted by Gasteiger charge is 2.11. The monoisotopic (exact) mass is 273 g/mol. The third kappa shape index (κ3) is 4.54. The molecule has 3 nitrogen and oxygen atoms in total. The quantitative estimate of drug-likeness (QED) is 0.784. The SMILES string of the molecule is CCNC(CC)c1ccc(N(CC)CC(C)C#N)cc1. The van der Waals surface area contributed by atoms with Crippen molar-refractivity contribution in [2.75, 3.05) is 24.5 Å². The van der Waals surface area contributed by atoms with Crippen LogP contribution in [-0.2, 0) is 0 Å². The van der Waals surface area contributed by atoms with E-state index in [1.54, 1.807) is 0 Å². The van der Waals surface area contributed by atoms with Crippen LogP contribution in [0.3, 0.4) is 0 Å². The highest BCUT2D eigenvalue weighted by molar-refractivity contribution is 5.48. The van der Waals surface area contributed by atoms with Gasteiger partial charge < -0.3 is 10.2 Å². The molecule has 3 heteroatoms. The van der Waals surface area contributed by atoms with E-state index in [1.165, 1.54) is 11.3 Å². The first-order valence-corrected chi connectivity index (χ1v) is 7.64. The van der Waals surface area contributed by atoms with Crippen LogP contribution < -0.4 is 10.2 Å². The fourth-order valence-electron chi connectivity index (χ4n) is 2.45. The van der Waals surface area contributed by atoms with Gasteiger partial charge in [0.2, 0.25) is 0 Å². The maximum atomic E-state index is 8.95. The predicted molar refractivity (Wildman–Crippen MR) is 85.8 cm³/mol. The molecule has 0 aliphatic heterocycles. The van der Waals surface area contributed by atoms with Gasteiger partial charge in [-0.2, -0.15) is 5.26 Å². The number of nitrogens with zero attached hydrogens (tertiary/aromatic N) is 2. The minimum Gasteiger partial charge on any atom is -0.371 e. The molecule has 0 saturated heterocycles. The highest BCUT2D eigenvalue weighted by atomic mass is 15.1. The Hall–Kier alpha value is -1.53. The molecule has 0 aromatic heterocycles. The second-order valence-electron chi connectivity index (χ2n) is 5.18. The molecular weight excluding hydrogens is 246 g/mol. The van der Waals surface area contributed by atoms with Crippen LogP contribution in [0.1, 0.15) is 45.7 Å². The first-order chi connectivity index (χ1) is 9.65. The Kier molecular flexibility index (Phi) is 7.11. The Morgan fingerprint density at radius 3 is 2.30 bits per heavy atom. The average molecular weight is 273 g/mol. The van der Waals surface area contributed by atoms with Gasteiger partial charge in [0, 0.05) is 24.8 Å². The first-order valence-electron chi connectivity index (χ1n) is 7.64. The lowest BCUT2D eigenvalue weighted by molar-refractivity contribution is 0.537. The summed E-state index contributed by atoms with van der Waals surface area (Å²) < 4.78 is 0. The smallest absolute Gasteiger partial charge is 0.0671 e. The Bertz CT molecular complexity index is 419. The third-order valence-electron chi connectivity index (χ3n) is 3.62. The van der Waals surface area contributed by atoms with Crippen LogP contribution in [0.25, 0.3) is 0 Å². The van der Waals surface area contributed by atoms with E-state index < -0.39 is 0 Å². The van der Waals surface area contributed by atoms with Crippen molar-refractivity contribution in [1.29, 1.82) is 5.26 Å². The van der Waals surface area contributed by atoms with Crippen LogP contribution in [0.2, 0.25) is 0 Å². The van der Waals surface area contributed by atoms with E-state index in [-0.39, 0.29) is 5.92 Å². The standard InChI is InChI=1S/C17H27N3/c1-5-17(19-6-2)15-8-10-16(11-9-15)20(7-3)13-14(4)12-18/h8-11,14,17,19H,5-7,13H2,1-4H3. The molecule has 0 aliphatic rings.